The molecule has 3 N–H and O–H groups in total. The zero-order valence-corrected chi connectivity index (χ0v) is 12.6. The first-order valence-corrected chi connectivity index (χ1v) is 7.99. The fourth-order valence-corrected chi connectivity index (χ4v) is 2.93. The summed E-state index contributed by atoms with van der Waals surface area (Å²) in [5.74, 6) is 0.611. The van der Waals surface area contributed by atoms with Crippen LogP contribution in [0.1, 0.15) is 5.56 Å². The largest absolute Gasteiger partial charge is 0.497 e. The Bertz CT molecular complexity index is 680. The van der Waals surface area contributed by atoms with E-state index in [0.29, 0.717) is 18.0 Å². The first-order chi connectivity index (χ1) is 10.0. The Morgan fingerprint density at radius 1 is 1.05 bits per heavy atom. The fraction of sp³-hybridized carbons (Fsp3) is 0.200. The lowest BCUT2D eigenvalue weighted by Gasteiger charge is -2.09. The number of ether oxygens (including phenoxy) is 1. The third kappa shape index (κ3) is 3.96. The molecule has 0 aliphatic rings. The standard InChI is InChI=1S/C15H18N2O3S/c1-20-14-6-8-15(9-7-14)21(18,19)17-13-4-2-12(3-5-13)10-11-16/h2-9,17H,10-11,16H2,1H3. The SMILES string of the molecule is COc1ccc(S(=O)(=O)Nc2ccc(CCN)cc2)cc1. The second-order valence-corrected chi connectivity index (χ2v) is 6.20. The van der Waals surface area contributed by atoms with Gasteiger partial charge in [-0.05, 0) is 54.9 Å². The van der Waals surface area contributed by atoms with Crippen LogP contribution in [0, 0.1) is 0 Å². The Morgan fingerprint density at radius 3 is 2.19 bits per heavy atom. The second-order valence-electron chi connectivity index (χ2n) is 4.52. The van der Waals surface area contributed by atoms with Crippen molar-refractivity contribution >= 4 is 15.7 Å². The van der Waals surface area contributed by atoms with E-state index in [1.165, 1.54) is 19.2 Å². The van der Waals surface area contributed by atoms with Gasteiger partial charge < -0.3 is 10.5 Å². The van der Waals surface area contributed by atoms with E-state index in [-0.39, 0.29) is 4.90 Å². The number of nitrogens with one attached hydrogen (secondary N) is 1. The number of sulfonamides is 1. The molecule has 0 saturated heterocycles. The van der Waals surface area contributed by atoms with E-state index in [2.05, 4.69) is 4.72 Å². The van der Waals surface area contributed by atoms with Crippen molar-refractivity contribution in [3.8, 4) is 5.75 Å². The summed E-state index contributed by atoms with van der Waals surface area (Å²) in [6.07, 6.45) is 0.769. The number of hydrogen-bond acceptors (Lipinski definition) is 4. The van der Waals surface area contributed by atoms with Gasteiger partial charge in [-0.25, -0.2) is 8.42 Å². The molecular formula is C15H18N2O3S. The van der Waals surface area contributed by atoms with Gasteiger partial charge in [-0.15, -0.1) is 0 Å². The van der Waals surface area contributed by atoms with Crippen molar-refractivity contribution < 1.29 is 13.2 Å². The minimum atomic E-state index is -3.59. The molecule has 112 valence electrons. The summed E-state index contributed by atoms with van der Waals surface area (Å²) in [5.41, 5.74) is 7.07. The minimum Gasteiger partial charge on any atom is -0.497 e. The normalized spacial score (nSPS) is 11.1. The Labute approximate surface area is 124 Å². The monoisotopic (exact) mass is 306 g/mol. The van der Waals surface area contributed by atoms with Gasteiger partial charge in [0.1, 0.15) is 5.75 Å². The highest BCUT2D eigenvalue weighted by Crippen LogP contribution is 2.19. The van der Waals surface area contributed by atoms with Crippen LogP contribution in [0.15, 0.2) is 53.4 Å². The van der Waals surface area contributed by atoms with E-state index in [1.54, 1.807) is 24.3 Å². The molecule has 0 saturated carbocycles. The molecule has 0 fully saturated rings. The maximum atomic E-state index is 12.2. The van der Waals surface area contributed by atoms with E-state index in [9.17, 15) is 8.42 Å². The minimum absolute atomic E-state index is 0.189. The number of benzene rings is 2. The van der Waals surface area contributed by atoms with Crippen molar-refractivity contribution in [2.75, 3.05) is 18.4 Å². The maximum Gasteiger partial charge on any atom is 0.261 e. The van der Waals surface area contributed by atoms with Crippen LogP contribution < -0.4 is 15.2 Å². The third-order valence-corrected chi connectivity index (χ3v) is 4.41. The second kappa shape index (κ2) is 6.60. The summed E-state index contributed by atoms with van der Waals surface area (Å²) in [6, 6.07) is 13.4. The van der Waals surface area contributed by atoms with Gasteiger partial charge in [0.15, 0.2) is 0 Å². The van der Waals surface area contributed by atoms with Crippen molar-refractivity contribution in [2.45, 2.75) is 11.3 Å². The molecule has 0 radical (unpaired) electrons. The molecule has 0 aliphatic heterocycles. The molecule has 6 heteroatoms. The van der Waals surface area contributed by atoms with Crippen molar-refractivity contribution in [3.63, 3.8) is 0 Å². The van der Waals surface area contributed by atoms with Gasteiger partial charge in [0.2, 0.25) is 0 Å². The molecule has 2 rings (SSSR count). The van der Waals surface area contributed by atoms with E-state index < -0.39 is 10.0 Å². The predicted octanol–water partition coefficient (Wildman–Crippen LogP) is 2.00. The molecule has 2 aromatic rings. The zero-order chi connectivity index (χ0) is 15.3. The maximum absolute atomic E-state index is 12.2. The van der Waals surface area contributed by atoms with E-state index in [1.807, 2.05) is 12.1 Å². The molecule has 0 heterocycles. The Hall–Kier alpha value is -2.05. The van der Waals surface area contributed by atoms with Crippen LogP contribution in [0.25, 0.3) is 0 Å². The quantitative estimate of drug-likeness (QED) is 0.855. The van der Waals surface area contributed by atoms with Gasteiger partial charge in [-0.2, -0.15) is 0 Å². The molecule has 0 unspecified atom stereocenters. The van der Waals surface area contributed by atoms with Gasteiger partial charge in [0.05, 0.1) is 12.0 Å². The van der Waals surface area contributed by atoms with Crippen LogP contribution in [0.3, 0.4) is 0 Å². The molecule has 0 spiro atoms. The van der Waals surface area contributed by atoms with Crippen molar-refractivity contribution in [1.29, 1.82) is 0 Å². The molecule has 0 aromatic heterocycles. The first kappa shape index (κ1) is 15.3. The lowest BCUT2D eigenvalue weighted by molar-refractivity contribution is 0.414. The highest BCUT2D eigenvalue weighted by atomic mass is 32.2. The average Bonchev–Trinajstić information content (AvgIpc) is 2.49. The van der Waals surface area contributed by atoms with Crippen LogP contribution >= 0.6 is 0 Å². The number of hydrogen-bond donors (Lipinski definition) is 2. The Kier molecular flexibility index (Phi) is 4.82. The molecule has 21 heavy (non-hydrogen) atoms. The molecule has 0 aliphatic carbocycles. The molecule has 0 amide bonds. The van der Waals surface area contributed by atoms with Crippen LogP contribution in [0.2, 0.25) is 0 Å². The average molecular weight is 306 g/mol. The highest BCUT2D eigenvalue weighted by molar-refractivity contribution is 7.92. The summed E-state index contributed by atoms with van der Waals surface area (Å²) >= 11 is 0. The van der Waals surface area contributed by atoms with Crippen molar-refractivity contribution in [3.05, 3.63) is 54.1 Å². The number of methoxy groups -OCH3 is 1. The van der Waals surface area contributed by atoms with Crippen LogP contribution in [0.4, 0.5) is 5.69 Å². The van der Waals surface area contributed by atoms with E-state index >= 15 is 0 Å². The highest BCUT2D eigenvalue weighted by Gasteiger charge is 2.14. The van der Waals surface area contributed by atoms with Gasteiger partial charge in [-0.3, -0.25) is 4.72 Å². The van der Waals surface area contributed by atoms with Gasteiger partial charge in [0, 0.05) is 5.69 Å². The van der Waals surface area contributed by atoms with Crippen molar-refractivity contribution in [1.82, 2.24) is 0 Å². The molecule has 0 atom stereocenters. The first-order valence-electron chi connectivity index (χ1n) is 6.51. The summed E-state index contributed by atoms with van der Waals surface area (Å²) in [4.78, 5) is 0.189. The topological polar surface area (TPSA) is 81.4 Å². The van der Waals surface area contributed by atoms with E-state index in [0.717, 1.165) is 12.0 Å². The smallest absolute Gasteiger partial charge is 0.261 e. The Morgan fingerprint density at radius 2 is 1.67 bits per heavy atom. The number of rotatable bonds is 6. The lowest BCUT2D eigenvalue weighted by Crippen LogP contribution is -2.13. The fourth-order valence-electron chi connectivity index (χ4n) is 1.88. The number of anilines is 1. The summed E-state index contributed by atoms with van der Waals surface area (Å²) < 4.78 is 32.0. The molecule has 0 bridgehead atoms. The lowest BCUT2D eigenvalue weighted by atomic mass is 10.1. The molecular weight excluding hydrogens is 288 g/mol. The number of nitrogens with two attached hydrogens (primary N) is 1. The van der Waals surface area contributed by atoms with Crippen LogP contribution in [0.5, 0.6) is 5.75 Å². The van der Waals surface area contributed by atoms with Gasteiger partial charge in [-0.1, -0.05) is 12.1 Å². The van der Waals surface area contributed by atoms with Crippen LogP contribution in [-0.4, -0.2) is 22.1 Å². The summed E-state index contributed by atoms with van der Waals surface area (Å²) in [5, 5.41) is 0. The van der Waals surface area contributed by atoms with Gasteiger partial charge in [0.25, 0.3) is 10.0 Å². The molecule has 2 aromatic carbocycles. The van der Waals surface area contributed by atoms with Gasteiger partial charge >= 0.3 is 0 Å². The zero-order valence-electron chi connectivity index (χ0n) is 11.7. The summed E-state index contributed by atoms with van der Waals surface area (Å²) in [6.45, 7) is 0.566. The van der Waals surface area contributed by atoms with Crippen molar-refractivity contribution in [2.24, 2.45) is 5.73 Å². The predicted molar refractivity (Wildman–Crippen MR) is 83.0 cm³/mol. The molecule has 5 nitrogen and oxygen atoms in total. The van der Waals surface area contributed by atoms with Crippen LogP contribution in [-0.2, 0) is 16.4 Å². The summed E-state index contributed by atoms with van der Waals surface area (Å²) in [7, 11) is -2.06. The Balaban J connectivity index is 2.16. The third-order valence-electron chi connectivity index (χ3n) is 3.01. The van der Waals surface area contributed by atoms with E-state index in [4.69, 9.17) is 10.5 Å².